The van der Waals surface area contributed by atoms with Crippen LogP contribution in [0.5, 0.6) is 0 Å². The molecule has 0 aromatic heterocycles. The molecule has 2 amide bonds. The Bertz CT molecular complexity index is 1760. The predicted octanol–water partition coefficient (Wildman–Crippen LogP) is 2.48. The number of hydrogen-bond acceptors (Lipinski definition) is 18. The number of anilines is 2. The van der Waals surface area contributed by atoms with Crippen LogP contribution in [-0.4, -0.2) is 143 Å². The van der Waals surface area contributed by atoms with Crippen molar-refractivity contribution in [3.63, 3.8) is 0 Å². The van der Waals surface area contributed by atoms with Crippen molar-refractivity contribution < 1.29 is 50.0 Å². The molecule has 2 fully saturated rings. The van der Waals surface area contributed by atoms with Gasteiger partial charge in [-0.1, -0.05) is 0 Å². The minimum absolute atomic E-state index is 0. The molecule has 4 aliphatic heterocycles. The van der Waals surface area contributed by atoms with Crippen molar-refractivity contribution in [2.24, 2.45) is 20.4 Å². The van der Waals surface area contributed by atoms with Gasteiger partial charge in [0.1, 0.15) is 0 Å². The second-order valence-corrected chi connectivity index (χ2v) is 14.7. The number of carbonyl (C=O) groups excluding carboxylic acids is 2. The molecule has 2 saturated heterocycles. The maximum Gasteiger partial charge on any atom is 2.00 e. The molecule has 0 atom stereocenters. The Morgan fingerprint density at radius 2 is 1.05 bits per heavy atom. The fraction of sp³-hybridized carbons (Fsp3) is 0.438. The Labute approximate surface area is 350 Å². The molecule has 55 heavy (non-hydrogen) atoms. The van der Waals surface area contributed by atoms with Gasteiger partial charge < -0.3 is 44.5 Å². The van der Waals surface area contributed by atoms with Gasteiger partial charge in [0.15, 0.2) is 11.4 Å². The van der Waals surface area contributed by atoms with E-state index in [1.54, 1.807) is 34.4 Å². The first-order valence-corrected chi connectivity index (χ1v) is 19.8. The van der Waals surface area contributed by atoms with E-state index in [0.717, 1.165) is 26.2 Å². The van der Waals surface area contributed by atoms with Crippen LogP contribution in [0.3, 0.4) is 0 Å². The van der Waals surface area contributed by atoms with Crippen LogP contribution < -0.4 is 9.80 Å². The number of thioether (sulfide) groups is 2. The third-order valence-electron chi connectivity index (χ3n) is 8.67. The molecule has 6 rings (SSSR count). The predicted molar refractivity (Wildman–Crippen MR) is 215 cm³/mol. The summed E-state index contributed by atoms with van der Waals surface area (Å²) in [6, 6.07) is 8.66. The minimum atomic E-state index is -0.498. The number of morpholine rings is 2. The molecule has 4 aliphatic rings. The van der Waals surface area contributed by atoms with Gasteiger partial charge in [-0.15, -0.1) is 33.7 Å². The second-order valence-electron chi connectivity index (χ2n) is 11.8. The fourth-order valence-electron chi connectivity index (χ4n) is 5.86. The second kappa shape index (κ2) is 21.2. The topological polar surface area (TPSA) is 201 Å². The summed E-state index contributed by atoms with van der Waals surface area (Å²) in [6.45, 7) is 8.22. The molecule has 2 aromatic carbocycles. The maximum atomic E-state index is 12.9. The molecule has 296 valence electrons. The van der Waals surface area contributed by atoms with E-state index in [-0.39, 0.29) is 64.4 Å². The van der Waals surface area contributed by atoms with E-state index in [9.17, 15) is 29.8 Å². The van der Waals surface area contributed by atoms with Gasteiger partial charge >= 0.3 is 21.1 Å². The number of benzene rings is 2. The first-order valence-electron chi connectivity index (χ1n) is 16.6. The van der Waals surface area contributed by atoms with Gasteiger partial charge in [-0.05, 0) is 33.4 Å². The van der Waals surface area contributed by atoms with Gasteiger partial charge in [-0.2, -0.15) is 10.2 Å². The third kappa shape index (κ3) is 11.3. The van der Waals surface area contributed by atoms with Crippen LogP contribution in [0.2, 0.25) is 0 Å². The number of amides is 2. The molecule has 4 heterocycles. The van der Waals surface area contributed by atoms with Crippen LogP contribution in [-0.2, 0) is 65.4 Å². The quantitative estimate of drug-likeness (QED) is 0.111. The number of ether oxygens (including phenoxy) is 2. The Morgan fingerprint density at radius 1 is 0.691 bits per heavy atom. The number of nitro benzene ring substituents is 2. The number of carbonyl (C=O) groups is 2. The number of hydrogen-bond donors (Lipinski definition) is 0. The van der Waals surface area contributed by atoms with E-state index in [2.05, 4.69) is 30.2 Å². The normalized spacial score (nSPS) is 19.2. The van der Waals surface area contributed by atoms with E-state index in [1.807, 2.05) is 0 Å². The maximum absolute atomic E-state index is 12.9. The van der Waals surface area contributed by atoms with Crippen molar-refractivity contribution in [3.8, 4) is 0 Å². The van der Waals surface area contributed by atoms with Crippen LogP contribution in [0.15, 0.2) is 56.8 Å². The van der Waals surface area contributed by atoms with Gasteiger partial charge in [0.05, 0.1) is 47.6 Å². The molecule has 23 heteroatoms. The fourth-order valence-corrected chi connectivity index (χ4v) is 6.19. The van der Waals surface area contributed by atoms with Crippen molar-refractivity contribution in [3.05, 3.63) is 67.8 Å². The zero-order chi connectivity index (χ0) is 38.8. The molecule has 0 aliphatic carbocycles. The van der Waals surface area contributed by atoms with Gasteiger partial charge in [-0.25, -0.2) is 0 Å². The number of nitro groups is 2. The van der Waals surface area contributed by atoms with E-state index >= 15 is 0 Å². The first-order chi connectivity index (χ1) is 26.0. The van der Waals surface area contributed by atoms with E-state index in [0.29, 0.717) is 75.1 Å². The van der Waals surface area contributed by atoms with Crippen LogP contribution in [0.1, 0.15) is 11.1 Å². The monoisotopic (exact) mass is 1010 g/mol. The van der Waals surface area contributed by atoms with E-state index < -0.39 is 9.85 Å². The summed E-state index contributed by atoms with van der Waals surface area (Å²) in [7, 11) is 0. The van der Waals surface area contributed by atoms with Gasteiger partial charge in [0.2, 0.25) is 0 Å². The summed E-state index contributed by atoms with van der Waals surface area (Å²) >= 11 is 12.5. The van der Waals surface area contributed by atoms with Crippen LogP contribution in [0.25, 0.3) is 0 Å². The average molecular weight is 1010 g/mol. The van der Waals surface area contributed by atoms with Crippen LogP contribution >= 0.6 is 23.5 Å². The van der Waals surface area contributed by atoms with Crippen LogP contribution in [0, 0.1) is 20.2 Å². The van der Waals surface area contributed by atoms with Crippen molar-refractivity contribution in [1.29, 1.82) is 0 Å². The SMILES string of the molecule is CS/C([S-])=N/N=C1/C(=O)N(CCN2CCOCC2)c2ccc([N+](=O)[O-])cc21.CS/C([S-])=N/N=C1/C(=O)N(CCN2CCOCC2)c2ccc([N+](=O)[O-])cc21.[Pt+2]. The largest absolute Gasteiger partial charge is 2.00 e. The molecule has 0 spiro atoms. The van der Waals surface area contributed by atoms with Crippen molar-refractivity contribution in [1.82, 2.24) is 9.80 Å². The molecule has 0 bridgehead atoms. The van der Waals surface area contributed by atoms with Gasteiger partial charge in [0, 0.05) is 87.8 Å². The smallest absolute Gasteiger partial charge is 0.752 e. The van der Waals surface area contributed by atoms with Gasteiger partial charge in [0.25, 0.3) is 23.2 Å². The molecule has 0 unspecified atom stereocenters. The number of nitrogens with zero attached hydrogens (tertiary/aromatic N) is 10. The van der Waals surface area contributed by atoms with Crippen LogP contribution in [0.4, 0.5) is 22.7 Å². The summed E-state index contributed by atoms with van der Waals surface area (Å²) < 4.78 is 11.2. The molecule has 2 aromatic rings. The summed E-state index contributed by atoms with van der Waals surface area (Å²) in [6.07, 6.45) is 3.52. The zero-order valence-electron chi connectivity index (χ0n) is 29.6. The Hall–Kier alpha value is -3.47. The van der Waals surface area contributed by atoms with E-state index in [1.165, 1.54) is 47.8 Å². The Kier molecular flexibility index (Phi) is 17.0. The molecule has 0 N–H and O–H groups in total. The molecular formula is C32H36N10O8PtS4. The zero-order valence-corrected chi connectivity index (χ0v) is 35.2. The van der Waals surface area contributed by atoms with Crippen molar-refractivity contribution in [2.75, 3.05) is 101 Å². The molecule has 0 radical (unpaired) electrons. The summed E-state index contributed by atoms with van der Waals surface area (Å²) in [5.74, 6) is -0.655. The first kappa shape index (κ1) is 44.2. The summed E-state index contributed by atoms with van der Waals surface area (Å²) in [5, 5.41) is 38.0. The number of fused-ring (bicyclic) bond motifs is 2. The van der Waals surface area contributed by atoms with E-state index in [4.69, 9.17) is 34.7 Å². The number of rotatable bonds is 10. The molecule has 0 saturated carbocycles. The third-order valence-corrected chi connectivity index (χ3v) is 10.7. The van der Waals surface area contributed by atoms with Gasteiger partial charge in [-0.3, -0.25) is 39.6 Å². The standard InChI is InChI=1S/2C16H19N5O4S2.Pt/c2*1-27-16(26)18-17-14-12-10-11(21(23)24)2-3-13(12)20(15(14)22)5-4-19-6-8-25-9-7-19;/h2*2-3,10H,4-9H2,1H3,(H,18,26);/q;;+2/p-2/b2*17-14+;. The molecule has 18 nitrogen and oxygen atoms in total. The summed E-state index contributed by atoms with van der Waals surface area (Å²) in [4.78, 5) is 54.6. The van der Waals surface area contributed by atoms with Crippen molar-refractivity contribution in [2.45, 2.75) is 0 Å². The Morgan fingerprint density at radius 3 is 1.38 bits per heavy atom. The Balaban J connectivity index is 0.000000240. The average Bonchev–Trinajstić information content (AvgIpc) is 3.61. The molecular weight excluding hydrogens is 976 g/mol. The summed E-state index contributed by atoms with van der Waals surface area (Å²) in [5.41, 5.74) is 1.96. The van der Waals surface area contributed by atoms with Crippen molar-refractivity contribution >= 4 is 104 Å². The number of non-ortho nitro benzene ring substituents is 2. The minimum Gasteiger partial charge on any atom is -0.752 e.